The fourth-order valence-electron chi connectivity index (χ4n) is 4.30. The molecule has 13 heteroatoms. The van der Waals surface area contributed by atoms with Crippen LogP contribution < -0.4 is 25.0 Å². The zero-order valence-corrected chi connectivity index (χ0v) is 20.9. The Labute approximate surface area is 210 Å². The SMILES string of the molecule is CCOc1cnc(NC(=O)N(C)[C@@H]2CCCN(c3nccc(OC(=O)N[C@H]4CCN(C)C4)n3)C2)cn1. The molecule has 0 unspecified atom stereocenters. The molecule has 2 aliphatic rings. The van der Waals surface area contributed by atoms with E-state index in [1.165, 1.54) is 12.4 Å². The molecule has 2 saturated heterocycles. The Balaban J connectivity index is 1.32. The minimum Gasteiger partial charge on any atom is -0.477 e. The molecule has 194 valence electrons. The van der Waals surface area contributed by atoms with E-state index in [1.807, 2.05) is 18.9 Å². The van der Waals surface area contributed by atoms with Gasteiger partial charge in [0.05, 0.1) is 25.0 Å². The Morgan fingerprint density at radius 3 is 2.72 bits per heavy atom. The Morgan fingerprint density at radius 2 is 2.00 bits per heavy atom. The molecule has 2 aromatic rings. The van der Waals surface area contributed by atoms with E-state index >= 15 is 0 Å². The van der Waals surface area contributed by atoms with Gasteiger partial charge in [0.25, 0.3) is 0 Å². The van der Waals surface area contributed by atoms with Crippen LogP contribution in [0.1, 0.15) is 26.2 Å². The summed E-state index contributed by atoms with van der Waals surface area (Å²) in [5.41, 5.74) is 0. The molecule has 3 amide bonds. The van der Waals surface area contributed by atoms with Crippen molar-refractivity contribution in [2.45, 2.75) is 38.3 Å². The third-order valence-corrected chi connectivity index (χ3v) is 6.23. The highest BCUT2D eigenvalue weighted by atomic mass is 16.6. The Morgan fingerprint density at radius 1 is 1.14 bits per heavy atom. The molecule has 2 aromatic heterocycles. The number of urea groups is 1. The molecule has 0 saturated carbocycles. The van der Waals surface area contributed by atoms with Crippen molar-refractivity contribution in [3.63, 3.8) is 0 Å². The monoisotopic (exact) mass is 499 g/mol. The van der Waals surface area contributed by atoms with E-state index in [1.54, 1.807) is 24.2 Å². The normalized spacial score (nSPS) is 20.0. The van der Waals surface area contributed by atoms with Crippen molar-refractivity contribution < 1.29 is 19.1 Å². The summed E-state index contributed by atoms with van der Waals surface area (Å²) >= 11 is 0. The lowest BCUT2D eigenvalue weighted by Crippen LogP contribution is -2.50. The summed E-state index contributed by atoms with van der Waals surface area (Å²) in [7, 11) is 3.77. The lowest BCUT2D eigenvalue weighted by molar-refractivity contribution is 0.192. The summed E-state index contributed by atoms with van der Waals surface area (Å²) in [5.74, 6) is 1.39. The van der Waals surface area contributed by atoms with Gasteiger partial charge in [-0.15, -0.1) is 0 Å². The number of aromatic nitrogens is 4. The van der Waals surface area contributed by atoms with Crippen molar-refractivity contribution in [2.75, 3.05) is 57.1 Å². The maximum Gasteiger partial charge on any atom is 0.414 e. The first-order chi connectivity index (χ1) is 17.4. The Hall–Kier alpha value is -3.74. The molecule has 36 heavy (non-hydrogen) atoms. The van der Waals surface area contributed by atoms with E-state index in [2.05, 4.69) is 35.5 Å². The summed E-state index contributed by atoms with van der Waals surface area (Å²) in [6.07, 6.45) is 6.57. The molecule has 0 spiro atoms. The number of likely N-dealkylation sites (N-methyl/N-ethyl adjacent to an activating group) is 2. The first-order valence-electron chi connectivity index (χ1n) is 12.1. The number of anilines is 2. The maximum atomic E-state index is 12.8. The minimum atomic E-state index is -0.523. The smallest absolute Gasteiger partial charge is 0.414 e. The van der Waals surface area contributed by atoms with Crippen LogP contribution >= 0.6 is 0 Å². The highest BCUT2D eigenvalue weighted by Gasteiger charge is 2.28. The van der Waals surface area contributed by atoms with Crippen LogP contribution in [0.25, 0.3) is 0 Å². The number of carbonyl (C=O) groups excluding carboxylic acids is 2. The zero-order chi connectivity index (χ0) is 25.5. The molecule has 4 rings (SSSR count). The topological polar surface area (TPSA) is 138 Å². The number of nitrogens with one attached hydrogen (secondary N) is 2. The van der Waals surface area contributed by atoms with Crippen LogP contribution in [0, 0.1) is 0 Å². The second kappa shape index (κ2) is 11.8. The highest BCUT2D eigenvalue weighted by molar-refractivity contribution is 5.88. The predicted molar refractivity (Wildman–Crippen MR) is 132 cm³/mol. The highest BCUT2D eigenvalue weighted by Crippen LogP contribution is 2.21. The van der Waals surface area contributed by atoms with E-state index in [4.69, 9.17) is 9.47 Å². The van der Waals surface area contributed by atoms with Gasteiger partial charge >= 0.3 is 12.1 Å². The quantitative estimate of drug-likeness (QED) is 0.577. The summed E-state index contributed by atoms with van der Waals surface area (Å²) in [6.45, 7) is 5.38. The number of nitrogens with zero attached hydrogens (tertiary/aromatic N) is 7. The lowest BCUT2D eigenvalue weighted by Gasteiger charge is -2.37. The standard InChI is InChI=1S/C23H33N9O4/c1-4-35-20-13-25-18(12-26-20)28-22(33)31(3)17-6-5-10-32(15-17)21-24-9-7-19(29-21)36-23(34)27-16-8-11-30(2)14-16/h7,9,12-13,16-17H,4-6,8,10-11,14-15H2,1-3H3,(H,27,34)(H,25,28,33)/t16-,17+/m0/s1. The van der Waals surface area contributed by atoms with Gasteiger partial charge in [-0.3, -0.25) is 5.32 Å². The average Bonchev–Trinajstić information content (AvgIpc) is 3.29. The molecular weight excluding hydrogens is 466 g/mol. The number of amides is 3. The molecule has 2 N–H and O–H groups in total. The maximum absolute atomic E-state index is 12.8. The van der Waals surface area contributed by atoms with E-state index in [-0.39, 0.29) is 24.0 Å². The van der Waals surface area contributed by atoms with Crippen molar-refractivity contribution in [3.8, 4) is 11.8 Å². The van der Waals surface area contributed by atoms with E-state index < -0.39 is 6.09 Å². The number of ether oxygens (including phenoxy) is 2. The van der Waals surface area contributed by atoms with Crippen LogP contribution in [0.3, 0.4) is 0 Å². The zero-order valence-electron chi connectivity index (χ0n) is 20.9. The molecule has 2 aliphatic heterocycles. The van der Waals surface area contributed by atoms with Gasteiger partial charge in [0, 0.05) is 45.0 Å². The van der Waals surface area contributed by atoms with Crippen LogP contribution in [0.15, 0.2) is 24.7 Å². The van der Waals surface area contributed by atoms with Crippen LogP contribution in [-0.4, -0.2) is 101 Å². The van der Waals surface area contributed by atoms with Crippen LogP contribution in [0.5, 0.6) is 11.8 Å². The first kappa shape index (κ1) is 25.4. The summed E-state index contributed by atoms with van der Waals surface area (Å²) in [4.78, 5) is 48.0. The molecule has 4 heterocycles. The lowest BCUT2D eigenvalue weighted by atomic mass is 10.1. The third-order valence-electron chi connectivity index (χ3n) is 6.23. The minimum absolute atomic E-state index is 0.0646. The first-order valence-corrected chi connectivity index (χ1v) is 12.1. The number of hydrogen-bond donors (Lipinski definition) is 2. The van der Waals surface area contributed by atoms with Gasteiger partial charge < -0.3 is 29.5 Å². The van der Waals surface area contributed by atoms with Gasteiger partial charge in [-0.05, 0) is 39.8 Å². The van der Waals surface area contributed by atoms with E-state index in [0.29, 0.717) is 30.8 Å². The van der Waals surface area contributed by atoms with Gasteiger partial charge in [0.2, 0.25) is 17.7 Å². The Kier molecular flexibility index (Phi) is 8.31. The van der Waals surface area contributed by atoms with Crippen molar-refractivity contribution in [1.29, 1.82) is 0 Å². The van der Waals surface area contributed by atoms with Crippen molar-refractivity contribution in [2.24, 2.45) is 0 Å². The molecular formula is C23H33N9O4. The summed E-state index contributed by atoms with van der Waals surface area (Å²) < 4.78 is 10.7. The Bertz CT molecular complexity index is 1040. The van der Waals surface area contributed by atoms with Gasteiger partial charge in [0.1, 0.15) is 0 Å². The number of piperidine rings is 1. The summed E-state index contributed by atoms with van der Waals surface area (Å²) in [5, 5.41) is 5.64. The van der Waals surface area contributed by atoms with Gasteiger partial charge in [-0.1, -0.05) is 0 Å². The number of rotatable bonds is 7. The molecule has 0 aromatic carbocycles. The van der Waals surface area contributed by atoms with Crippen LogP contribution in [0.2, 0.25) is 0 Å². The van der Waals surface area contributed by atoms with Gasteiger partial charge in [-0.25, -0.2) is 24.5 Å². The second-order valence-electron chi connectivity index (χ2n) is 8.93. The van der Waals surface area contributed by atoms with Crippen LogP contribution in [0.4, 0.5) is 21.4 Å². The fourth-order valence-corrected chi connectivity index (χ4v) is 4.30. The molecule has 0 aliphatic carbocycles. The third kappa shape index (κ3) is 6.68. The second-order valence-corrected chi connectivity index (χ2v) is 8.93. The molecule has 13 nitrogen and oxygen atoms in total. The van der Waals surface area contributed by atoms with Gasteiger partial charge in [-0.2, -0.15) is 4.98 Å². The fraction of sp³-hybridized carbons (Fsp3) is 0.565. The van der Waals surface area contributed by atoms with E-state index in [9.17, 15) is 9.59 Å². The average molecular weight is 500 g/mol. The molecule has 0 radical (unpaired) electrons. The predicted octanol–water partition coefficient (Wildman–Crippen LogP) is 1.59. The largest absolute Gasteiger partial charge is 0.477 e. The van der Waals surface area contributed by atoms with Crippen molar-refractivity contribution in [1.82, 2.24) is 35.1 Å². The van der Waals surface area contributed by atoms with Crippen molar-refractivity contribution in [3.05, 3.63) is 24.7 Å². The van der Waals surface area contributed by atoms with Gasteiger partial charge in [0.15, 0.2) is 5.82 Å². The van der Waals surface area contributed by atoms with Crippen molar-refractivity contribution >= 4 is 23.9 Å². The summed E-state index contributed by atoms with van der Waals surface area (Å²) in [6, 6.07) is 1.28. The van der Waals surface area contributed by atoms with E-state index in [0.717, 1.165) is 38.9 Å². The number of carbonyl (C=O) groups is 2. The number of hydrogen-bond acceptors (Lipinski definition) is 10. The molecule has 0 bridgehead atoms. The van der Waals surface area contributed by atoms with Crippen LogP contribution in [-0.2, 0) is 0 Å². The molecule has 2 fully saturated rings. The number of likely N-dealkylation sites (tertiary alicyclic amines) is 1. The molecule has 2 atom stereocenters.